The molecule has 2 rings (SSSR count). The number of non-ortho nitro benzene ring substituents is 1. The molecule has 0 bridgehead atoms. The van der Waals surface area contributed by atoms with Crippen molar-refractivity contribution in [2.75, 3.05) is 45.8 Å². The number of hydrogen-bond donors (Lipinski definition) is 4. The summed E-state index contributed by atoms with van der Waals surface area (Å²) < 4.78 is 0. The number of benzene rings is 1. The van der Waals surface area contributed by atoms with Crippen LogP contribution in [0.4, 0.5) is 5.69 Å². The van der Waals surface area contributed by atoms with Gasteiger partial charge in [-0.05, 0) is 31.2 Å². The van der Waals surface area contributed by atoms with Crippen molar-refractivity contribution in [2.45, 2.75) is 83.6 Å². The Bertz CT molecular complexity index is 1160. The van der Waals surface area contributed by atoms with E-state index < -0.39 is 53.0 Å². The van der Waals surface area contributed by atoms with Crippen LogP contribution < -0.4 is 0 Å². The number of carbonyl (C=O) groups is 4. The summed E-state index contributed by atoms with van der Waals surface area (Å²) in [5, 5.41) is 51.4. The van der Waals surface area contributed by atoms with E-state index in [2.05, 4.69) is 0 Å². The van der Waals surface area contributed by atoms with Gasteiger partial charge in [0, 0.05) is 102 Å². The Hall–Kier alpha value is -2.34. The summed E-state index contributed by atoms with van der Waals surface area (Å²) in [5.74, 6) is -4.42. The third-order valence-electron chi connectivity index (χ3n) is 8.66. The molecule has 0 spiro atoms. The van der Waals surface area contributed by atoms with Crippen molar-refractivity contribution in [3.05, 3.63) is 39.9 Å². The summed E-state index contributed by atoms with van der Waals surface area (Å²) in [5.41, 5.74) is 0.104. The standard InChI is InChI=1S/C30H47N5O10.Gd/c1-5-21-14-32(18-27(38)39)23(7-3)16-34(29(30(42)43)20-9-11-25(12-10-20)35(44)45)24(8-4)15-33(19-28(40)41)22(6-2)13-31(21)17-26(36)37;/h9-12,21-24,29H,5-8,13-19H2,1-4H3,(H,36,37)(H,38,39)(H,40,41)(H,42,43);/t21-,22-,23-,24-,29?;/m1./s1. The summed E-state index contributed by atoms with van der Waals surface area (Å²) in [4.78, 5) is 66.9. The molecule has 16 heteroatoms. The van der Waals surface area contributed by atoms with Crippen molar-refractivity contribution in [1.29, 1.82) is 0 Å². The number of carboxylic acid groups (broad SMARTS) is 4. The van der Waals surface area contributed by atoms with E-state index in [0.717, 1.165) is 0 Å². The van der Waals surface area contributed by atoms with Crippen LogP contribution in [0, 0.1) is 50.1 Å². The van der Waals surface area contributed by atoms with Crippen molar-refractivity contribution in [2.24, 2.45) is 0 Å². The maximum absolute atomic E-state index is 13.0. The molecule has 1 fully saturated rings. The van der Waals surface area contributed by atoms with E-state index in [9.17, 15) is 49.7 Å². The first kappa shape index (κ1) is 41.7. The van der Waals surface area contributed by atoms with Gasteiger partial charge < -0.3 is 20.4 Å². The average Bonchev–Trinajstić information content (AvgIpc) is 2.96. The zero-order valence-electron chi connectivity index (χ0n) is 26.8. The molecule has 0 aromatic heterocycles. The van der Waals surface area contributed by atoms with Crippen LogP contribution in [0.2, 0.25) is 0 Å². The van der Waals surface area contributed by atoms with Gasteiger partial charge in [-0.3, -0.25) is 48.9 Å². The smallest absolute Gasteiger partial charge is 0.325 e. The molecular weight excluding hydrogens is 748 g/mol. The number of carboxylic acids is 4. The molecule has 1 heterocycles. The maximum atomic E-state index is 13.0. The summed E-state index contributed by atoms with van der Waals surface area (Å²) in [6.07, 6.45) is 1.84. The van der Waals surface area contributed by atoms with Crippen LogP contribution in [0.1, 0.15) is 65.0 Å². The third kappa shape index (κ3) is 12.0. The molecule has 1 aromatic carbocycles. The Labute approximate surface area is 301 Å². The van der Waals surface area contributed by atoms with Crippen LogP contribution in [0.3, 0.4) is 0 Å². The van der Waals surface area contributed by atoms with Gasteiger partial charge in [0.15, 0.2) is 0 Å². The molecule has 1 unspecified atom stereocenters. The van der Waals surface area contributed by atoms with Gasteiger partial charge >= 0.3 is 23.9 Å². The van der Waals surface area contributed by atoms with Gasteiger partial charge in [0.05, 0.1) is 24.6 Å². The summed E-state index contributed by atoms with van der Waals surface area (Å²) in [7, 11) is 0. The van der Waals surface area contributed by atoms with Crippen molar-refractivity contribution in [3.63, 3.8) is 0 Å². The van der Waals surface area contributed by atoms with Crippen molar-refractivity contribution in [1.82, 2.24) is 19.6 Å². The van der Waals surface area contributed by atoms with Crippen LogP contribution in [-0.4, -0.2) is 139 Å². The topological polar surface area (TPSA) is 205 Å². The molecule has 0 amide bonds. The van der Waals surface area contributed by atoms with E-state index in [4.69, 9.17) is 0 Å². The van der Waals surface area contributed by atoms with Crippen LogP contribution in [0.15, 0.2) is 24.3 Å². The minimum absolute atomic E-state index is 0. The van der Waals surface area contributed by atoms with Gasteiger partial charge in [-0.1, -0.05) is 39.8 Å². The Balaban J connectivity index is 0.0000106. The number of nitro groups is 1. The summed E-state index contributed by atoms with van der Waals surface area (Å²) in [6.45, 7) is 7.14. The molecule has 5 atom stereocenters. The molecule has 0 aliphatic carbocycles. The molecule has 0 saturated carbocycles. The molecule has 1 aliphatic heterocycles. The molecule has 260 valence electrons. The van der Waals surface area contributed by atoms with Gasteiger partial charge in [-0.15, -0.1) is 0 Å². The molecule has 15 nitrogen and oxygen atoms in total. The fourth-order valence-corrected chi connectivity index (χ4v) is 6.30. The monoisotopic (exact) mass is 795 g/mol. The van der Waals surface area contributed by atoms with E-state index in [1.54, 1.807) is 19.6 Å². The summed E-state index contributed by atoms with van der Waals surface area (Å²) in [6, 6.07) is 2.24. The fraction of sp³-hybridized carbons (Fsp3) is 0.667. The molecule has 1 aliphatic rings. The summed E-state index contributed by atoms with van der Waals surface area (Å²) >= 11 is 0. The first-order valence-electron chi connectivity index (χ1n) is 15.4. The Morgan fingerprint density at radius 1 is 0.696 bits per heavy atom. The fourth-order valence-electron chi connectivity index (χ4n) is 6.30. The SMILES string of the molecule is CC[C@@H]1CN(CC(=O)O)[C@H](CC)CN(C(C(=O)O)c2ccc([N+](=O)[O-])cc2)[C@H](CC)CN(CC(=O)O)[C@H](CC)CN1CC(=O)O.[Gd]. The molecule has 1 saturated heterocycles. The van der Waals surface area contributed by atoms with Crippen LogP contribution in [-0.2, 0) is 19.2 Å². The molecule has 4 N–H and O–H groups in total. The van der Waals surface area contributed by atoms with Crippen molar-refractivity contribution < 1.29 is 84.5 Å². The number of rotatable bonds is 14. The second-order valence-electron chi connectivity index (χ2n) is 11.5. The van der Waals surface area contributed by atoms with Gasteiger partial charge in [-0.25, -0.2) is 0 Å². The largest absolute Gasteiger partial charge is 0.480 e. The van der Waals surface area contributed by atoms with E-state index in [-0.39, 0.29) is 97.5 Å². The van der Waals surface area contributed by atoms with Gasteiger partial charge in [0.1, 0.15) is 6.04 Å². The van der Waals surface area contributed by atoms with Gasteiger partial charge in [0.2, 0.25) is 0 Å². The van der Waals surface area contributed by atoms with Crippen molar-refractivity contribution >= 4 is 29.6 Å². The Kier molecular flexibility index (Phi) is 18.2. The number of hydrogen-bond acceptors (Lipinski definition) is 10. The van der Waals surface area contributed by atoms with Gasteiger partial charge in [-0.2, -0.15) is 0 Å². The van der Waals surface area contributed by atoms with E-state index in [1.165, 1.54) is 24.3 Å². The first-order valence-corrected chi connectivity index (χ1v) is 15.4. The number of aliphatic carboxylic acids is 4. The normalized spacial score (nSPS) is 23.3. The van der Waals surface area contributed by atoms with E-state index >= 15 is 0 Å². The van der Waals surface area contributed by atoms with E-state index in [1.807, 2.05) is 27.7 Å². The van der Waals surface area contributed by atoms with Gasteiger partial charge in [0.25, 0.3) is 5.69 Å². The average molecular weight is 795 g/mol. The molecule has 0 radical (unpaired) electrons. The minimum Gasteiger partial charge on any atom is -0.480 e. The van der Waals surface area contributed by atoms with E-state index in [0.29, 0.717) is 31.2 Å². The Morgan fingerprint density at radius 2 is 1.04 bits per heavy atom. The quantitative estimate of drug-likeness (QED) is 0.158. The van der Waals surface area contributed by atoms with Crippen LogP contribution in [0.5, 0.6) is 0 Å². The predicted octanol–water partition coefficient (Wildman–Crippen LogP) is 2.31. The molecule has 46 heavy (non-hydrogen) atoms. The third-order valence-corrected chi connectivity index (χ3v) is 8.66. The predicted molar refractivity (Wildman–Crippen MR) is 164 cm³/mol. The number of nitrogens with zero attached hydrogens (tertiary/aromatic N) is 5. The molecule has 1 aromatic rings. The second-order valence-corrected chi connectivity index (χ2v) is 11.5. The van der Waals surface area contributed by atoms with Crippen LogP contribution in [0.25, 0.3) is 0 Å². The Morgan fingerprint density at radius 3 is 1.35 bits per heavy atom. The number of nitro benzene ring substituents is 1. The van der Waals surface area contributed by atoms with Crippen LogP contribution >= 0.6 is 0 Å². The molecular formula is C30H47GdN5O10. The second kappa shape index (κ2) is 20.1. The minimum atomic E-state index is -1.27. The van der Waals surface area contributed by atoms with Crippen molar-refractivity contribution in [3.8, 4) is 0 Å². The maximum Gasteiger partial charge on any atom is 0.325 e. The first-order chi connectivity index (χ1) is 21.3. The zero-order valence-corrected chi connectivity index (χ0v) is 29.1. The zero-order chi connectivity index (χ0) is 33.8.